The summed E-state index contributed by atoms with van der Waals surface area (Å²) in [6.45, 7) is 2.46. The second kappa shape index (κ2) is 9.86. The number of hydrogen-bond donors (Lipinski definition) is 2. The Kier molecular flexibility index (Phi) is 6.90. The summed E-state index contributed by atoms with van der Waals surface area (Å²) in [5, 5.41) is 9.88. The summed E-state index contributed by atoms with van der Waals surface area (Å²) in [7, 11) is 0. The topological polar surface area (TPSA) is 80.7 Å². The van der Waals surface area contributed by atoms with Gasteiger partial charge in [0.15, 0.2) is 0 Å². The summed E-state index contributed by atoms with van der Waals surface area (Å²) in [4.78, 5) is 21.7. The highest BCUT2D eigenvalue weighted by Gasteiger charge is 2.30. The van der Waals surface area contributed by atoms with Gasteiger partial charge in [0.05, 0.1) is 29.2 Å². The van der Waals surface area contributed by atoms with E-state index >= 15 is 0 Å². The average molecular weight is 491 g/mol. The van der Waals surface area contributed by atoms with Crippen molar-refractivity contribution in [1.82, 2.24) is 10.5 Å². The monoisotopic (exact) mass is 490 g/mol. The van der Waals surface area contributed by atoms with Crippen LogP contribution < -0.4 is 10.2 Å². The molecule has 2 N–H and O–H groups in total. The van der Waals surface area contributed by atoms with Gasteiger partial charge in [-0.15, -0.1) is 11.3 Å². The summed E-state index contributed by atoms with van der Waals surface area (Å²) in [6.07, 6.45) is -2.63. The van der Waals surface area contributed by atoms with Gasteiger partial charge in [0, 0.05) is 17.2 Å². The summed E-state index contributed by atoms with van der Waals surface area (Å²) in [5.41, 5.74) is 4.95. The van der Waals surface area contributed by atoms with Gasteiger partial charge in [-0.1, -0.05) is 24.3 Å². The Morgan fingerprint density at radius 3 is 2.50 bits per heavy atom. The van der Waals surface area contributed by atoms with Crippen molar-refractivity contribution >= 4 is 17.3 Å². The molecule has 4 rings (SSSR count). The van der Waals surface area contributed by atoms with Crippen molar-refractivity contribution < 1.29 is 32.6 Å². The van der Waals surface area contributed by atoms with Crippen LogP contribution in [0.5, 0.6) is 5.75 Å². The largest absolute Gasteiger partial charge is 0.488 e. The van der Waals surface area contributed by atoms with E-state index < -0.39 is 17.7 Å². The molecule has 2 aromatic carbocycles. The van der Waals surface area contributed by atoms with E-state index in [4.69, 9.17) is 9.57 Å². The van der Waals surface area contributed by atoms with Crippen LogP contribution >= 0.6 is 11.3 Å². The molecular weight excluding hydrogens is 469 g/mol. The van der Waals surface area contributed by atoms with Crippen LogP contribution in [-0.2, 0) is 22.4 Å². The molecule has 178 valence electrons. The number of aliphatic carboxylic acids is 1. The minimum Gasteiger partial charge on any atom is -0.488 e. The fourth-order valence-corrected chi connectivity index (χ4v) is 4.51. The van der Waals surface area contributed by atoms with Crippen molar-refractivity contribution in [3.05, 3.63) is 82.0 Å². The van der Waals surface area contributed by atoms with Gasteiger partial charge in [-0.3, -0.25) is 15.1 Å². The van der Waals surface area contributed by atoms with E-state index in [1.807, 2.05) is 25.1 Å². The number of benzene rings is 2. The Bertz CT molecular complexity index is 1190. The number of carbonyl (C=O) groups is 1. The molecule has 0 bridgehead atoms. The van der Waals surface area contributed by atoms with Gasteiger partial charge in [0.1, 0.15) is 17.4 Å². The standard InChI is InChI=1S/C24H21F3N2O4S/c1-14-21(34-23(28-14)16-2-6-17(7-3-16)24(25,26)27)13-32-18-8-4-15(5-9-18)19(12-22(30)31)20-10-11-33-29-20/h2-10,19,29H,11-13H2,1H3,(H,30,31)/t19-/m0/s1. The number of aromatic nitrogens is 1. The average Bonchev–Trinajstić information content (AvgIpc) is 3.46. The third-order valence-electron chi connectivity index (χ3n) is 5.33. The summed E-state index contributed by atoms with van der Waals surface area (Å²) in [5.74, 6) is -0.667. The van der Waals surface area contributed by atoms with E-state index in [1.165, 1.54) is 23.5 Å². The van der Waals surface area contributed by atoms with Gasteiger partial charge in [0.25, 0.3) is 0 Å². The number of thiazole rings is 1. The number of nitrogens with zero attached hydrogens (tertiary/aromatic N) is 1. The first-order valence-electron chi connectivity index (χ1n) is 10.4. The number of aryl methyl sites for hydroxylation is 1. The molecule has 0 radical (unpaired) electrons. The Labute approximate surface area is 197 Å². The molecule has 1 aliphatic rings. The molecule has 0 saturated carbocycles. The fourth-order valence-electron chi connectivity index (χ4n) is 3.53. The van der Waals surface area contributed by atoms with Crippen molar-refractivity contribution in [1.29, 1.82) is 0 Å². The highest BCUT2D eigenvalue weighted by molar-refractivity contribution is 7.15. The molecule has 0 aliphatic carbocycles. The van der Waals surface area contributed by atoms with Crippen LogP contribution in [0.2, 0.25) is 0 Å². The van der Waals surface area contributed by atoms with E-state index in [9.17, 15) is 23.1 Å². The van der Waals surface area contributed by atoms with Crippen molar-refractivity contribution in [3.63, 3.8) is 0 Å². The number of hydroxylamine groups is 1. The number of carboxylic acid groups (broad SMARTS) is 1. The van der Waals surface area contributed by atoms with E-state index in [0.29, 0.717) is 28.6 Å². The summed E-state index contributed by atoms with van der Waals surface area (Å²) >= 11 is 1.36. The van der Waals surface area contributed by atoms with E-state index in [2.05, 4.69) is 10.5 Å². The lowest BCUT2D eigenvalue weighted by molar-refractivity contribution is -0.138. The maximum atomic E-state index is 12.8. The zero-order valence-corrected chi connectivity index (χ0v) is 18.9. The van der Waals surface area contributed by atoms with Gasteiger partial charge in [-0.05, 0) is 42.8 Å². The second-order valence-corrected chi connectivity index (χ2v) is 8.77. The molecule has 0 saturated heterocycles. The first kappa shape index (κ1) is 23.8. The third-order valence-corrected chi connectivity index (χ3v) is 6.52. The number of ether oxygens (including phenoxy) is 1. The Hall–Kier alpha value is -3.37. The molecule has 0 spiro atoms. The molecule has 2 heterocycles. The number of nitrogens with one attached hydrogen (secondary N) is 1. The lowest BCUT2D eigenvalue weighted by atomic mass is 9.92. The van der Waals surface area contributed by atoms with Crippen molar-refractivity contribution in [2.24, 2.45) is 0 Å². The van der Waals surface area contributed by atoms with E-state index in [1.54, 1.807) is 12.1 Å². The predicted molar refractivity (Wildman–Crippen MR) is 120 cm³/mol. The van der Waals surface area contributed by atoms with Crippen molar-refractivity contribution in [2.45, 2.75) is 32.0 Å². The first-order valence-corrected chi connectivity index (χ1v) is 11.2. The second-order valence-electron chi connectivity index (χ2n) is 7.68. The first-order chi connectivity index (χ1) is 16.2. The summed E-state index contributed by atoms with van der Waals surface area (Å²) in [6, 6.07) is 12.1. The van der Waals surface area contributed by atoms with Gasteiger partial charge >= 0.3 is 12.1 Å². The number of hydrogen-bond acceptors (Lipinski definition) is 6. The van der Waals surface area contributed by atoms with Gasteiger partial charge in [-0.25, -0.2) is 4.98 Å². The number of allylic oxidation sites excluding steroid dienone is 1. The maximum Gasteiger partial charge on any atom is 0.416 e. The van der Waals surface area contributed by atoms with Crippen LogP contribution in [0.1, 0.15) is 34.0 Å². The highest BCUT2D eigenvalue weighted by atomic mass is 32.1. The van der Waals surface area contributed by atoms with Crippen molar-refractivity contribution in [3.8, 4) is 16.3 Å². The zero-order valence-electron chi connectivity index (χ0n) is 18.1. The van der Waals surface area contributed by atoms with Gasteiger partial charge < -0.3 is 9.84 Å². The molecule has 0 unspecified atom stereocenters. The molecule has 1 aromatic heterocycles. The molecule has 34 heavy (non-hydrogen) atoms. The minimum atomic E-state index is -4.38. The molecule has 0 amide bonds. The molecule has 6 nitrogen and oxygen atoms in total. The molecule has 3 aromatic rings. The molecule has 10 heteroatoms. The lowest BCUT2D eigenvalue weighted by Crippen LogP contribution is -2.17. The SMILES string of the molecule is Cc1nc(-c2ccc(C(F)(F)F)cc2)sc1COc1ccc([C@H](CC(=O)O)C2=CCON2)cc1. The third kappa shape index (κ3) is 5.57. The number of alkyl halides is 3. The van der Waals surface area contributed by atoms with Crippen molar-refractivity contribution in [2.75, 3.05) is 6.61 Å². The smallest absolute Gasteiger partial charge is 0.416 e. The van der Waals surface area contributed by atoms with Crippen LogP contribution in [0.4, 0.5) is 13.2 Å². The number of rotatable bonds is 8. The molecule has 0 fully saturated rings. The van der Waals surface area contributed by atoms with Crippen LogP contribution in [0, 0.1) is 6.92 Å². The van der Waals surface area contributed by atoms with Gasteiger partial charge in [0.2, 0.25) is 0 Å². The van der Waals surface area contributed by atoms with Crippen LogP contribution in [0.3, 0.4) is 0 Å². The molecule has 1 atom stereocenters. The fraction of sp³-hybridized carbons (Fsp3) is 0.250. The number of carboxylic acids is 1. The lowest BCUT2D eigenvalue weighted by Gasteiger charge is -2.17. The quantitative estimate of drug-likeness (QED) is 0.422. The Balaban J connectivity index is 1.43. The maximum absolute atomic E-state index is 12.8. The molecule has 1 aliphatic heterocycles. The highest BCUT2D eigenvalue weighted by Crippen LogP contribution is 2.34. The van der Waals surface area contributed by atoms with E-state index in [0.717, 1.165) is 28.3 Å². The number of halogens is 3. The zero-order chi connectivity index (χ0) is 24.3. The predicted octanol–water partition coefficient (Wildman–Crippen LogP) is 5.69. The molecular formula is C24H21F3N2O4S. The van der Waals surface area contributed by atoms with Crippen LogP contribution in [0.25, 0.3) is 10.6 Å². The Morgan fingerprint density at radius 2 is 1.91 bits per heavy atom. The normalized spacial score (nSPS) is 14.4. The van der Waals surface area contributed by atoms with Crippen LogP contribution in [0.15, 0.2) is 60.3 Å². The summed E-state index contributed by atoms with van der Waals surface area (Å²) < 4.78 is 44.2. The minimum absolute atomic E-state index is 0.0742. The van der Waals surface area contributed by atoms with Gasteiger partial charge in [-0.2, -0.15) is 13.2 Å². The Morgan fingerprint density at radius 1 is 1.21 bits per heavy atom. The van der Waals surface area contributed by atoms with E-state index in [-0.39, 0.29) is 18.9 Å². The van der Waals surface area contributed by atoms with Crippen LogP contribution in [-0.4, -0.2) is 22.7 Å².